The summed E-state index contributed by atoms with van der Waals surface area (Å²) in [6.07, 6.45) is 3.23. The zero-order valence-electron chi connectivity index (χ0n) is 17.1. The van der Waals surface area contributed by atoms with Gasteiger partial charge < -0.3 is 5.32 Å². The van der Waals surface area contributed by atoms with Gasteiger partial charge in [0.15, 0.2) is 5.65 Å². The molecule has 0 radical (unpaired) electrons. The Morgan fingerprint density at radius 2 is 1.85 bits per heavy atom. The molecule has 8 heteroatoms. The molecule has 0 bridgehead atoms. The van der Waals surface area contributed by atoms with Crippen LogP contribution >= 0.6 is 0 Å². The molecule has 1 amide bonds. The second kappa shape index (κ2) is 7.90. The minimum absolute atomic E-state index is 0.0710. The molecule has 3 rings (SSSR count). The van der Waals surface area contributed by atoms with E-state index < -0.39 is 5.41 Å². The molecule has 1 aliphatic heterocycles. The van der Waals surface area contributed by atoms with E-state index in [2.05, 4.69) is 44.0 Å². The Bertz CT molecular complexity index is 785. The van der Waals surface area contributed by atoms with Crippen LogP contribution in [0.5, 0.6) is 0 Å². The van der Waals surface area contributed by atoms with Crippen molar-refractivity contribution in [2.24, 2.45) is 5.41 Å². The van der Waals surface area contributed by atoms with E-state index >= 15 is 0 Å². The lowest BCUT2D eigenvalue weighted by Gasteiger charge is -2.36. The monoisotopic (exact) mass is 373 g/mol. The Balaban J connectivity index is 1.65. The Morgan fingerprint density at radius 3 is 2.48 bits per heavy atom. The number of piperazine rings is 1. The van der Waals surface area contributed by atoms with Crippen molar-refractivity contribution < 1.29 is 4.79 Å². The zero-order valence-corrected chi connectivity index (χ0v) is 17.1. The molecule has 2 aromatic rings. The van der Waals surface area contributed by atoms with Gasteiger partial charge in [-0.05, 0) is 13.8 Å². The third-order valence-electron chi connectivity index (χ3n) is 5.11. The van der Waals surface area contributed by atoms with Crippen LogP contribution in [0.1, 0.15) is 34.6 Å². The molecule has 0 saturated carbocycles. The topological polar surface area (TPSA) is 79.2 Å². The number of hydrogen-bond donors (Lipinski definition) is 1. The fourth-order valence-corrected chi connectivity index (χ4v) is 3.19. The van der Waals surface area contributed by atoms with E-state index in [1.807, 2.05) is 25.5 Å². The van der Waals surface area contributed by atoms with E-state index in [0.29, 0.717) is 11.9 Å². The maximum atomic E-state index is 12.3. The third kappa shape index (κ3) is 4.62. The number of nitrogens with zero attached hydrogens (tertiary/aromatic N) is 6. The van der Waals surface area contributed by atoms with Crippen molar-refractivity contribution in [2.75, 3.05) is 38.0 Å². The van der Waals surface area contributed by atoms with Crippen molar-refractivity contribution >= 4 is 22.8 Å². The zero-order chi connectivity index (χ0) is 19.6. The van der Waals surface area contributed by atoms with Crippen LogP contribution in [-0.2, 0) is 11.3 Å². The Hall–Kier alpha value is -2.06. The number of anilines is 1. The van der Waals surface area contributed by atoms with Crippen LogP contribution in [0.3, 0.4) is 0 Å². The van der Waals surface area contributed by atoms with Crippen molar-refractivity contribution in [2.45, 2.75) is 47.2 Å². The standard InChI is InChI=1S/C19H31N7O/c1-14(2)25-9-6-24(7-10-25)8-11-26-17-15(12-22-26)16(20-13-21-17)23-18(27)19(3,4)5/h12-14H,6-11H2,1-5H3,(H,20,21,23,27). The number of aromatic nitrogens is 4. The molecule has 1 N–H and O–H groups in total. The number of carbonyl (C=O) groups excluding carboxylic acids is 1. The molecular weight excluding hydrogens is 342 g/mol. The normalized spacial score (nSPS) is 17.0. The summed E-state index contributed by atoms with van der Waals surface area (Å²) in [6, 6.07) is 0.612. The molecule has 0 spiro atoms. The van der Waals surface area contributed by atoms with Crippen molar-refractivity contribution in [1.82, 2.24) is 29.5 Å². The van der Waals surface area contributed by atoms with Gasteiger partial charge in [0.05, 0.1) is 18.1 Å². The summed E-state index contributed by atoms with van der Waals surface area (Å²) in [5.74, 6) is 0.454. The molecule has 0 atom stereocenters. The van der Waals surface area contributed by atoms with E-state index in [9.17, 15) is 4.79 Å². The molecule has 0 aliphatic carbocycles. The summed E-state index contributed by atoms with van der Waals surface area (Å²) in [5, 5.41) is 8.16. The molecule has 0 unspecified atom stereocenters. The first-order chi connectivity index (χ1) is 12.8. The van der Waals surface area contributed by atoms with Crippen LogP contribution in [0.4, 0.5) is 5.82 Å². The number of carbonyl (C=O) groups is 1. The van der Waals surface area contributed by atoms with Crippen molar-refractivity contribution in [1.29, 1.82) is 0 Å². The number of amides is 1. The molecular formula is C19H31N7O. The number of fused-ring (bicyclic) bond motifs is 1. The highest BCUT2D eigenvalue weighted by Gasteiger charge is 2.23. The quantitative estimate of drug-likeness (QED) is 0.861. The first-order valence-electron chi connectivity index (χ1n) is 9.70. The summed E-state index contributed by atoms with van der Waals surface area (Å²) in [5.41, 5.74) is 0.279. The Kier molecular flexibility index (Phi) is 5.76. The Labute approximate surface area is 160 Å². The lowest BCUT2D eigenvalue weighted by atomic mass is 9.96. The van der Waals surface area contributed by atoms with Gasteiger partial charge >= 0.3 is 0 Å². The summed E-state index contributed by atoms with van der Waals surface area (Å²) in [4.78, 5) is 25.9. The minimum Gasteiger partial charge on any atom is -0.310 e. The molecule has 8 nitrogen and oxygen atoms in total. The van der Waals surface area contributed by atoms with E-state index in [1.54, 1.807) is 6.20 Å². The van der Waals surface area contributed by atoms with Gasteiger partial charge in [-0.25, -0.2) is 14.6 Å². The van der Waals surface area contributed by atoms with Crippen LogP contribution in [0.2, 0.25) is 0 Å². The third-order valence-corrected chi connectivity index (χ3v) is 5.11. The average molecular weight is 374 g/mol. The first-order valence-corrected chi connectivity index (χ1v) is 9.70. The smallest absolute Gasteiger partial charge is 0.230 e. The predicted molar refractivity (Wildman–Crippen MR) is 107 cm³/mol. The lowest BCUT2D eigenvalue weighted by Crippen LogP contribution is -2.49. The summed E-state index contributed by atoms with van der Waals surface area (Å²) in [7, 11) is 0. The maximum Gasteiger partial charge on any atom is 0.230 e. The maximum absolute atomic E-state index is 12.3. The van der Waals surface area contributed by atoms with Gasteiger partial charge in [0, 0.05) is 44.2 Å². The van der Waals surface area contributed by atoms with Crippen molar-refractivity contribution in [3.8, 4) is 0 Å². The van der Waals surface area contributed by atoms with Gasteiger partial charge in [0.1, 0.15) is 12.1 Å². The van der Waals surface area contributed by atoms with Crippen LogP contribution in [-0.4, -0.2) is 74.2 Å². The van der Waals surface area contributed by atoms with Crippen molar-refractivity contribution in [3.63, 3.8) is 0 Å². The summed E-state index contributed by atoms with van der Waals surface area (Å²) >= 11 is 0. The molecule has 3 heterocycles. The molecule has 1 aliphatic rings. The van der Waals surface area contributed by atoms with Gasteiger partial charge in [0.2, 0.25) is 5.91 Å². The van der Waals surface area contributed by atoms with E-state index in [1.165, 1.54) is 6.33 Å². The highest BCUT2D eigenvalue weighted by molar-refractivity contribution is 6.00. The lowest BCUT2D eigenvalue weighted by molar-refractivity contribution is -0.123. The number of hydrogen-bond acceptors (Lipinski definition) is 6. The number of nitrogens with one attached hydrogen (secondary N) is 1. The second-order valence-corrected chi connectivity index (χ2v) is 8.50. The molecule has 148 valence electrons. The Morgan fingerprint density at radius 1 is 1.15 bits per heavy atom. The molecule has 0 aromatic carbocycles. The van der Waals surface area contributed by atoms with Gasteiger partial charge in [0.25, 0.3) is 0 Å². The van der Waals surface area contributed by atoms with E-state index in [4.69, 9.17) is 0 Å². The molecule has 1 fully saturated rings. The molecule has 1 saturated heterocycles. The van der Waals surface area contributed by atoms with Crippen LogP contribution in [0.15, 0.2) is 12.5 Å². The number of rotatable bonds is 5. The second-order valence-electron chi connectivity index (χ2n) is 8.50. The van der Waals surface area contributed by atoms with E-state index in [-0.39, 0.29) is 5.91 Å². The largest absolute Gasteiger partial charge is 0.310 e. The van der Waals surface area contributed by atoms with Crippen LogP contribution in [0.25, 0.3) is 11.0 Å². The van der Waals surface area contributed by atoms with Crippen LogP contribution in [0, 0.1) is 5.41 Å². The highest BCUT2D eigenvalue weighted by atomic mass is 16.2. The van der Waals surface area contributed by atoms with Crippen LogP contribution < -0.4 is 5.32 Å². The molecule has 2 aromatic heterocycles. The SMILES string of the molecule is CC(C)N1CCN(CCn2ncc3c(NC(=O)C(C)(C)C)ncnc32)CC1. The van der Waals surface area contributed by atoms with Gasteiger partial charge in [-0.15, -0.1) is 0 Å². The fourth-order valence-electron chi connectivity index (χ4n) is 3.19. The van der Waals surface area contributed by atoms with Crippen molar-refractivity contribution in [3.05, 3.63) is 12.5 Å². The minimum atomic E-state index is -0.481. The highest BCUT2D eigenvalue weighted by Crippen LogP contribution is 2.22. The first kappa shape index (κ1) is 19.7. The van der Waals surface area contributed by atoms with Gasteiger partial charge in [-0.2, -0.15) is 5.10 Å². The van der Waals surface area contributed by atoms with Gasteiger partial charge in [-0.1, -0.05) is 20.8 Å². The average Bonchev–Trinajstić information content (AvgIpc) is 3.03. The fraction of sp³-hybridized carbons (Fsp3) is 0.684. The van der Waals surface area contributed by atoms with Gasteiger partial charge in [-0.3, -0.25) is 14.6 Å². The predicted octanol–water partition coefficient (Wildman–Crippen LogP) is 1.84. The summed E-state index contributed by atoms with van der Waals surface area (Å²) in [6.45, 7) is 16.2. The van der Waals surface area contributed by atoms with E-state index in [0.717, 1.165) is 50.3 Å². The summed E-state index contributed by atoms with van der Waals surface area (Å²) < 4.78 is 1.90. The molecule has 27 heavy (non-hydrogen) atoms.